The number of hydrogen-bond acceptors (Lipinski definition) is 3. The third kappa shape index (κ3) is 3.04. The second kappa shape index (κ2) is 6.69. The maximum Gasteiger partial charge on any atom is 0.268 e. The molecule has 0 bridgehead atoms. The molecule has 2 amide bonds. The summed E-state index contributed by atoms with van der Waals surface area (Å²) in [4.78, 5) is 28.3. The van der Waals surface area contributed by atoms with Crippen molar-refractivity contribution in [2.75, 3.05) is 6.54 Å². The molecule has 1 aromatic carbocycles. The van der Waals surface area contributed by atoms with Crippen LogP contribution in [-0.2, 0) is 4.79 Å². The minimum Gasteiger partial charge on any atom is -0.352 e. The van der Waals surface area contributed by atoms with E-state index >= 15 is 0 Å². The molecule has 5 N–H and O–H groups in total. The molecule has 1 aromatic heterocycles. The number of aromatic nitrogens is 1. The zero-order valence-corrected chi connectivity index (χ0v) is 16.2. The number of H-pyrrole nitrogens is 1. The fourth-order valence-electron chi connectivity index (χ4n) is 5.20. The highest BCUT2D eigenvalue weighted by Crippen LogP contribution is 2.55. The van der Waals surface area contributed by atoms with Crippen LogP contribution in [0, 0.1) is 11.2 Å². The molecule has 29 heavy (non-hydrogen) atoms. The molecule has 3 aliphatic rings. The molecule has 2 aliphatic carbocycles. The van der Waals surface area contributed by atoms with E-state index in [1.54, 1.807) is 6.07 Å². The van der Waals surface area contributed by atoms with Gasteiger partial charge in [-0.05, 0) is 43.0 Å². The van der Waals surface area contributed by atoms with Crippen molar-refractivity contribution >= 4 is 28.3 Å². The number of rotatable bonds is 3. The molecule has 0 saturated heterocycles. The summed E-state index contributed by atoms with van der Waals surface area (Å²) in [5.74, 6) is -0.710. The van der Waals surface area contributed by atoms with Crippen molar-refractivity contribution in [3.8, 4) is 0 Å². The van der Waals surface area contributed by atoms with E-state index in [-0.39, 0.29) is 41.6 Å². The Morgan fingerprint density at radius 1 is 1.34 bits per heavy atom. The zero-order chi connectivity index (χ0) is 20.2. The second-order valence-corrected chi connectivity index (χ2v) is 8.59. The number of amides is 2. The molecule has 2 heterocycles. The monoisotopic (exact) mass is 396 g/mol. The predicted molar refractivity (Wildman–Crippen MR) is 109 cm³/mol. The lowest BCUT2D eigenvalue weighted by Crippen LogP contribution is -2.41. The van der Waals surface area contributed by atoms with Crippen LogP contribution in [0.1, 0.15) is 54.6 Å². The van der Waals surface area contributed by atoms with Gasteiger partial charge in [0.15, 0.2) is 0 Å². The number of hydrogen-bond donors (Lipinski definition) is 4. The standard InChI is InChI=1S/C22H25FN4O2/c23-13-4-5-15-14(10-13)19-12(6-8-25-21(29)20(19)26-15)9-18(28)27-17-11-22(17)7-2-1-3-16(22)24/h4-6,10,16-17,26H,1-3,7-9,11,24H2,(H,25,29)(H,27,28)/t16-,17?,22?/m0/s1. The average molecular weight is 396 g/mol. The summed E-state index contributed by atoms with van der Waals surface area (Å²) < 4.78 is 13.9. The first-order chi connectivity index (χ1) is 14.0. The number of carbonyl (C=O) groups excluding carboxylic acids is 2. The Bertz CT molecular complexity index is 1040. The van der Waals surface area contributed by atoms with E-state index in [1.165, 1.54) is 18.6 Å². The summed E-state index contributed by atoms with van der Waals surface area (Å²) >= 11 is 0. The molecule has 1 spiro atoms. The van der Waals surface area contributed by atoms with Crippen LogP contribution >= 0.6 is 0 Å². The number of nitrogens with one attached hydrogen (secondary N) is 3. The van der Waals surface area contributed by atoms with Crippen molar-refractivity contribution in [3.05, 3.63) is 41.3 Å². The summed E-state index contributed by atoms with van der Waals surface area (Å²) in [6.07, 6.45) is 7.37. The highest BCUT2D eigenvalue weighted by Gasteiger charge is 2.58. The van der Waals surface area contributed by atoms with Crippen LogP contribution < -0.4 is 16.4 Å². The highest BCUT2D eigenvalue weighted by atomic mass is 19.1. The van der Waals surface area contributed by atoms with Crippen LogP contribution in [0.2, 0.25) is 0 Å². The van der Waals surface area contributed by atoms with Crippen molar-refractivity contribution in [1.82, 2.24) is 15.6 Å². The van der Waals surface area contributed by atoms with E-state index in [2.05, 4.69) is 15.6 Å². The molecule has 3 atom stereocenters. The molecule has 7 heteroatoms. The molecule has 2 fully saturated rings. The molecule has 152 valence electrons. The van der Waals surface area contributed by atoms with E-state index in [0.29, 0.717) is 28.7 Å². The smallest absolute Gasteiger partial charge is 0.268 e. The first-order valence-corrected chi connectivity index (χ1v) is 10.3. The van der Waals surface area contributed by atoms with Gasteiger partial charge in [-0.3, -0.25) is 9.59 Å². The van der Waals surface area contributed by atoms with Gasteiger partial charge in [-0.2, -0.15) is 0 Å². The number of aromatic amines is 1. The second-order valence-electron chi connectivity index (χ2n) is 8.59. The molecular formula is C22H25FN4O2. The molecule has 5 rings (SSSR count). The predicted octanol–water partition coefficient (Wildman–Crippen LogP) is 2.60. The third-order valence-corrected chi connectivity index (χ3v) is 6.87. The molecule has 1 aliphatic heterocycles. The Kier molecular flexibility index (Phi) is 4.24. The Labute approximate surface area is 168 Å². The van der Waals surface area contributed by atoms with Crippen LogP contribution in [0.5, 0.6) is 0 Å². The van der Waals surface area contributed by atoms with Crippen LogP contribution in [0.4, 0.5) is 4.39 Å². The lowest BCUT2D eigenvalue weighted by Gasteiger charge is -2.29. The van der Waals surface area contributed by atoms with Crippen molar-refractivity contribution in [2.24, 2.45) is 11.1 Å². The summed E-state index contributed by atoms with van der Waals surface area (Å²) in [7, 11) is 0. The van der Waals surface area contributed by atoms with Crippen LogP contribution in [-0.4, -0.2) is 35.4 Å². The number of halogens is 1. The molecule has 6 nitrogen and oxygen atoms in total. The minimum absolute atomic E-state index is 0.0678. The van der Waals surface area contributed by atoms with E-state index in [4.69, 9.17) is 5.73 Å². The third-order valence-electron chi connectivity index (χ3n) is 6.87. The molecule has 2 aromatic rings. The maximum atomic E-state index is 13.9. The summed E-state index contributed by atoms with van der Waals surface area (Å²) in [6.45, 7) is 0.332. The number of fused-ring (bicyclic) bond motifs is 3. The van der Waals surface area contributed by atoms with Crippen LogP contribution in [0.3, 0.4) is 0 Å². The van der Waals surface area contributed by atoms with Crippen LogP contribution in [0.15, 0.2) is 24.3 Å². The maximum absolute atomic E-state index is 13.9. The van der Waals surface area contributed by atoms with Crippen molar-refractivity contribution in [2.45, 2.75) is 50.6 Å². The van der Waals surface area contributed by atoms with Gasteiger partial charge in [0.25, 0.3) is 5.91 Å². The van der Waals surface area contributed by atoms with Crippen molar-refractivity contribution in [1.29, 1.82) is 0 Å². The topological polar surface area (TPSA) is 100 Å². The summed E-state index contributed by atoms with van der Waals surface area (Å²) in [6, 6.07) is 4.67. The number of benzene rings is 1. The van der Waals surface area contributed by atoms with E-state index < -0.39 is 0 Å². The molecular weight excluding hydrogens is 371 g/mol. The van der Waals surface area contributed by atoms with Gasteiger partial charge in [-0.1, -0.05) is 18.9 Å². The van der Waals surface area contributed by atoms with E-state index in [9.17, 15) is 14.0 Å². The van der Waals surface area contributed by atoms with Gasteiger partial charge in [0.1, 0.15) is 11.5 Å². The van der Waals surface area contributed by atoms with E-state index in [1.807, 2.05) is 6.08 Å². The molecule has 2 saturated carbocycles. The SMILES string of the molecule is N[C@H]1CCCCC12CC2NC(=O)CC1=CCNC(=O)c2[nH]c3ccc(F)cc3c21. The van der Waals surface area contributed by atoms with Gasteiger partial charge in [-0.15, -0.1) is 0 Å². The number of nitrogens with two attached hydrogens (primary N) is 1. The lowest BCUT2D eigenvalue weighted by molar-refractivity contribution is -0.120. The fourth-order valence-corrected chi connectivity index (χ4v) is 5.20. The lowest BCUT2D eigenvalue weighted by atomic mass is 9.81. The normalized spacial score (nSPS) is 28.5. The van der Waals surface area contributed by atoms with Gasteiger partial charge in [0.2, 0.25) is 5.91 Å². The van der Waals surface area contributed by atoms with Gasteiger partial charge in [0.05, 0.1) is 6.42 Å². The van der Waals surface area contributed by atoms with Gasteiger partial charge in [0, 0.05) is 40.5 Å². The Morgan fingerprint density at radius 2 is 2.21 bits per heavy atom. The molecule has 2 unspecified atom stereocenters. The first kappa shape index (κ1) is 18.4. The van der Waals surface area contributed by atoms with Crippen molar-refractivity contribution in [3.63, 3.8) is 0 Å². The zero-order valence-electron chi connectivity index (χ0n) is 16.2. The highest BCUT2D eigenvalue weighted by molar-refractivity contribution is 6.09. The van der Waals surface area contributed by atoms with E-state index in [0.717, 1.165) is 31.3 Å². The Balaban J connectivity index is 1.39. The van der Waals surface area contributed by atoms with Crippen LogP contribution in [0.25, 0.3) is 16.5 Å². The van der Waals surface area contributed by atoms with Gasteiger partial charge in [-0.25, -0.2) is 4.39 Å². The number of carbonyl (C=O) groups is 2. The summed E-state index contributed by atoms with van der Waals surface area (Å²) in [5, 5.41) is 6.57. The minimum atomic E-state index is -0.376. The fraction of sp³-hybridized carbons (Fsp3) is 0.455. The first-order valence-electron chi connectivity index (χ1n) is 10.3. The average Bonchev–Trinajstić information content (AvgIpc) is 3.26. The van der Waals surface area contributed by atoms with Gasteiger partial charge < -0.3 is 21.4 Å². The largest absolute Gasteiger partial charge is 0.352 e. The Morgan fingerprint density at radius 3 is 3.03 bits per heavy atom. The quantitative estimate of drug-likeness (QED) is 0.642. The summed E-state index contributed by atoms with van der Waals surface area (Å²) in [5.41, 5.74) is 8.80. The van der Waals surface area contributed by atoms with Crippen molar-refractivity contribution < 1.29 is 14.0 Å². The van der Waals surface area contributed by atoms with Gasteiger partial charge >= 0.3 is 0 Å². The Hall–Kier alpha value is -2.67. The molecule has 0 radical (unpaired) electrons.